The molecule has 0 atom stereocenters. The second kappa shape index (κ2) is 4.75. The molecule has 0 bridgehead atoms. The molecule has 17 heavy (non-hydrogen) atoms. The zero-order chi connectivity index (χ0) is 13.3. The van der Waals surface area contributed by atoms with Crippen LogP contribution in [0.3, 0.4) is 0 Å². The molecule has 8 nitrogen and oxygen atoms in total. The molecule has 8 heteroatoms. The van der Waals surface area contributed by atoms with Crippen LogP contribution in [-0.4, -0.2) is 23.8 Å². The quantitative estimate of drug-likeness (QED) is 0.274. The highest BCUT2D eigenvalue weighted by Gasteiger charge is 2.48. The lowest BCUT2D eigenvalue weighted by molar-refractivity contribution is -0.192. The fraction of sp³-hybridized carbons (Fsp3) is 1.00. The van der Waals surface area contributed by atoms with Crippen LogP contribution in [0.5, 0.6) is 0 Å². The van der Waals surface area contributed by atoms with E-state index < -0.39 is 17.7 Å². The topological polar surface area (TPSA) is 149 Å². The second-order valence-electron chi connectivity index (χ2n) is 4.86. The number of nitrogens with two attached hydrogens (primary N) is 4. The van der Waals surface area contributed by atoms with Crippen LogP contribution in [0, 0.1) is 0 Å². The van der Waals surface area contributed by atoms with E-state index in [1.165, 1.54) is 0 Å². The van der Waals surface area contributed by atoms with Crippen molar-refractivity contribution in [3.63, 3.8) is 0 Å². The molecule has 0 radical (unpaired) electrons. The van der Waals surface area contributed by atoms with Gasteiger partial charge in [0.25, 0.3) is 0 Å². The van der Waals surface area contributed by atoms with Crippen molar-refractivity contribution in [3.05, 3.63) is 0 Å². The average Bonchev–Trinajstić information content (AvgIpc) is 1.93. The summed E-state index contributed by atoms with van der Waals surface area (Å²) in [5, 5.41) is 8.52. The van der Waals surface area contributed by atoms with Crippen molar-refractivity contribution in [1.29, 1.82) is 0 Å². The van der Waals surface area contributed by atoms with Gasteiger partial charge < -0.3 is 4.74 Å². The summed E-state index contributed by atoms with van der Waals surface area (Å²) in [6.07, 6.45) is 1.43. The first-order valence-electron chi connectivity index (χ1n) is 5.81. The summed E-state index contributed by atoms with van der Waals surface area (Å²) >= 11 is 0. The molecule has 1 aliphatic heterocycles. The predicted molar refractivity (Wildman–Crippen MR) is 65.5 cm³/mol. The second-order valence-corrected chi connectivity index (χ2v) is 4.86. The molecule has 1 saturated heterocycles. The van der Waals surface area contributed by atoms with Gasteiger partial charge in [0.05, 0.1) is 6.10 Å². The highest BCUT2D eigenvalue weighted by atomic mass is 16.5. The molecule has 0 aromatic rings. The lowest BCUT2D eigenvalue weighted by atomic mass is 10.1. The van der Waals surface area contributed by atoms with Crippen molar-refractivity contribution in [3.8, 4) is 0 Å². The molecule has 0 amide bonds. The van der Waals surface area contributed by atoms with Crippen LogP contribution in [0.15, 0.2) is 0 Å². The molecule has 0 aromatic carbocycles. The number of hydrogen-bond donors (Lipinski definition) is 7. The Hall–Kier alpha value is -0.320. The molecule has 0 aliphatic carbocycles. The first-order valence-corrected chi connectivity index (χ1v) is 5.81. The summed E-state index contributed by atoms with van der Waals surface area (Å²) in [4.78, 5) is 0. The van der Waals surface area contributed by atoms with Crippen LogP contribution in [0.1, 0.15) is 33.6 Å². The molecule has 11 N–H and O–H groups in total. The van der Waals surface area contributed by atoms with Crippen LogP contribution in [0.25, 0.3) is 0 Å². The van der Waals surface area contributed by atoms with Gasteiger partial charge in [-0.3, -0.25) is 22.9 Å². The molecule has 102 valence electrons. The number of hydrogen-bond acceptors (Lipinski definition) is 8. The van der Waals surface area contributed by atoms with Gasteiger partial charge in [0.2, 0.25) is 0 Å². The van der Waals surface area contributed by atoms with Crippen molar-refractivity contribution in [2.45, 2.75) is 57.4 Å². The Labute approximate surface area is 102 Å². The molecule has 1 fully saturated rings. The Balaban J connectivity index is 2.94. The van der Waals surface area contributed by atoms with E-state index in [0.717, 1.165) is 6.42 Å². The average molecular weight is 247 g/mol. The fourth-order valence-corrected chi connectivity index (χ4v) is 2.10. The van der Waals surface area contributed by atoms with E-state index in [1.807, 2.05) is 20.8 Å². The zero-order valence-corrected chi connectivity index (χ0v) is 10.7. The van der Waals surface area contributed by atoms with E-state index in [0.29, 0.717) is 6.42 Å². The van der Waals surface area contributed by atoms with E-state index in [9.17, 15) is 0 Å². The third-order valence-corrected chi connectivity index (χ3v) is 2.27. The fourth-order valence-electron chi connectivity index (χ4n) is 2.10. The van der Waals surface area contributed by atoms with Gasteiger partial charge in [-0.1, -0.05) is 13.3 Å². The monoisotopic (exact) mass is 247 g/mol. The highest BCUT2D eigenvalue weighted by molar-refractivity contribution is 4.96. The predicted octanol–water partition coefficient (Wildman–Crippen LogP) is -2.29. The van der Waals surface area contributed by atoms with E-state index in [1.54, 1.807) is 0 Å². The van der Waals surface area contributed by atoms with Gasteiger partial charge in [0.15, 0.2) is 17.7 Å². The maximum absolute atomic E-state index is 5.81. The van der Waals surface area contributed by atoms with Crippen LogP contribution in [0.2, 0.25) is 0 Å². The maximum Gasteiger partial charge on any atom is 0.183 e. The van der Waals surface area contributed by atoms with E-state index in [4.69, 9.17) is 27.7 Å². The maximum atomic E-state index is 5.81. The molecular formula is C9H25N7O. The molecule has 1 aliphatic rings. The minimum absolute atomic E-state index is 0.0359. The molecule has 0 spiro atoms. The summed E-state index contributed by atoms with van der Waals surface area (Å²) in [5.41, 5.74) is 23.2. The Bertz CT molecular complexity index is 250. The molecule has 0 saturated carbocycles. The zero-order valence-electron chi connectivity index (χ0n) is 10.7. The SMILES string of the molecule is CCCC1(OC(C)C)NC(N)(N)NC(N)(N)N1. The third-order valence-electron chi connectivity index (χ3n) is 2.27. The van der Waals surface area contributed by atoms with Crippen molar-refractivity contribution in [2.24, 2.45) is 22.9 Å². The van der Waals surface area contributed by atoms with E-state index in [-0.39, 0.29) is 6.10 Å². The number of nitrogens with one attached hydrogen (secondary N) is 3. The first kappa shape index (κ1) is 14.7. The van der Waals surface area contributed by atoms with Crippen LogP contribution < -0.4 is 38.9 Å². The largest absolute Gasteiger partial charge is 0.344 e. The summed E-state index contributed by atoms with van der Waals surface area (Å²) < 4.78 is 5.81. The molecule has 0 unspecified atom stereocenters. The summed E-state index contributed by atoms with van der Waals surface area (Å²) in [6, 6.07) is 0. The molecule has 1 rings (SSSR count). The number of rotatable bonds is 4. The Morgan fingerprint density at radius 2 is 1.47 bits per heavy atom. The van der Waals surface area contributed by atoms with Crippen LogP contribution in [0.4, 0.5) is 0 Å². The Morgan fingerprint density at radius 3 is 1.82 bits per heavy atom. The Kier molecular flexibility index (Phi) is 4.12. The van der Waals surface area contributed by atoms with Gasteiger partial charge in [-0.2, -0.15) is 0 Å². The lowest BCUT2D eigenvalue weighted by Gasteiger charge is -2.53. The molecule has 0 aromatic heterocycles. The smallest absolute Gasteiger partial charge is 0.183 e. The van der Waals surface area contributed by atoms with Crippen LogP contribution >= 0.6 is 0 Å². The van der Waals surface area contributed by atoms with E-state index >= 15 is 0 Å². The van der Waals surface area contributed by atoms with Crippen molar-refractivity contribution < 1.29 is 4.74 Å². The lowest BCUT2D eigenvalue weighted by Crippen LogP contribution is -2.95. The molecule has 1 heterocycles. The highest BCUT2D eigenvalue weighted by Crippen LogP contribution is 2.19. The van der Waals surface area contributed by atoms with Gasteiger partial charge in [0, 0.05) is 6.42 Å². The van der Waals surface area contributed by atoms with Gasteiger partial charge >= 0.3 is 0 Å². The Morgan fingerprint density at radius 1 is 1.00 bits per heavy atom. The standard InChI is InChI=1S/C9H25N7O/c1-4-5-7(17-6(2)3)14-8(10,11)16-9(12,13)15-7/h6,14-16H,4-5,10-13H2,1-3H3. The van der Waals surface area contributed by atoms with Gasteiger partial charge in [0.1, 0.15) is 0 Å². The first-order chi connectivity index (χ1) is 7.60. The van der Waals surface area contributed by atoms with Crippen LogP contribution in [-0.2, 0) is 4.74 Å². The summed E-state index contributed by atoms with van der Waals surface area (Å²) in [6.45, 7) is 5.83. The van der Waals surface area contributed by atoms with Gasteiger partial charge in [-0.05, 0) is 13.8 Å². The number of ether oxygens (including phenoxy) is 1. The van der Waals surface area contributed by atoms with Crippen molar-refractivity contribution in [1.82, 2.24) is 16.0 Å². The summed E-state index contributed by atoms with van der Waals surface area (Å²) in [7, 11) is 0. The van der Waals surface area contributed by atoms with E-state index in [2.05, 4.69) is 16.0 Å². The van der Waals surface area contributed by atoms with Crippen molar-refractivity contribution >= 4 is 0 Å². The summed E-state index contributed by atoms with van der Waals surface area (Å²) in [5.74, 6) is -3.75. The van der Waals surface area contributed by atoms with Gasteiger partial charge in [-0.25, -0.2) is 16.0 Å². The third kappa shape index (κ3) is 4.12. The normalized spacial score (nSPS) is 26.1. The molecular weight excluding hydrogens is 222 g/mol. The minimum atomic E-state index is -1.40. The van der Waals surface area contributed by atoms with Gasteiger partial charge in [-0.15, -0.1) is 0 Å². The van der Waals surface area contributed by atoms with Crippen molar-refractivity contribution in [2.75, 3.05) is 0 Å². The minimum Gasteiger partial charge on any atom is -0.344 e.